The lowest BCUT2D eigenvalue weighted by Gasteiger charge is -2.19. The molecule has 0 bridgehead atoms. The van der Waals surface area contributed by atoms with Crippen molar-refractivity contribution in [2.45, 2.75) is 47.0 Å². The van der Waals surface area contributed by atoms with E-state index in [9.17, 15) is 0 Å². The van der Waals surface area contributed by atoms with Crippen LogP contribution in [0.2, 0.25) is 0 Å². The summed E-state index contributed by atoms with van der Waals surface area (Å²) in [4.78, 5) is 0. The van der Waals surface area contributed by atoms with Gasteiger partial charge >= 0.3 is 0 Å². The number of ether oxygens (including phenoxy) is 1. The van der Waals surface area contributed by atoms with E-state index in [0.29, 0.717) is 13.2 Å². The van der Waals surface area contributed by atoms with E-state index in [4.69, 9.17) is 4.74 Å². The van der Waals surface area contributed by atoms with Crippen LogP contribution in [0.1, 0.15) is 47.1 Å². The normalized spacial score (nSPS) is 11.2. The molecule has 0 fully saturated rings. The van der Waals surface area contributed by atoms with Gasteiger partial charge in [0.15, 0.2) is 0 Å². The van der Waals surface area contributed by atoms with Crippen LogP contribution < -0.4 is 0 Å². The van der Waals surface area contributed by atoms with Crippen LogP contribution in [0.5, 0.6) is 0 Å². The maximum atomic E-state index is 5.57. The zero-order valence-electron chi connectivity index (χ0n) is 14.8. The third-order valence-corrected chi connectivity index (χ3v) is 3.15. The van der Waals surface area contributed by atoms with Crippen LogP contribution in [0.3, 0.4) is 0 Å². The van der Waals surface area contributed by atoms with Crippen LogP contribution in [-0.4, -0.2) is 13.2 Å². The highest BCUT2D eigenvalue weighted by molar-refractivity contribution is 5.28. The number of hydrogen-bond acceptors (Lipinski definition) is 1. The predicted molar refractivity (Wildman–Crippen MR) is 94.8 cm³/mol. The lowest BCUT2D eigenvalue weighted by atomic mass is 9.84. The molecule has 0 radical (unpaired) electrons. The Morgan fingerprint density at radius 2 is 1.73 bits per heavy atom. The molecule has 0 aliphatic rings. The summed E-state index contributed by atoms with van der Waals surface area (Å²) in [6.45, 7) is 13.8. The second kappa shape index (κ2) is 8.04. The van der Waals surface area contributed by atoms with Gasteiger partial charge in [0, 0.05) is 10.8 Å². The van der Waals surface area contributed by atoms with Crippen LogP contribution in [0, 0.1) is 17.3 Å². The van der Waals surface area contributed by atoms with Crippen LogP contribution in [-0.2, 0) is 10.2 Å². The summed E-state index contributed by atoms with van der Waals surface area (Å²) in [6, 6.07) is 10.5. The molecule has 0 aliphatic carbocycles. The Bertz CT molecular complexity index is 582. The van der Waals surface area contributed by atoms with Gasteiger partial charge in [0.1, 0.15) is 6.61 Å². The van der Waals surface area contributed by atoms with Gasteiger partial charge in [-0.2, -0.15) is 0 Å². The van der Waals surface area contributed by atoms with E-state index < -0.39 is 0 Å². The van der Waals surface area contributed by atoms with Crippen molar-refractivity contribution < 1.29 is 4.74 Å². The molecule has 1 aromatic carbocycles. The number of rotatable bonds is 5. The molecular weight excluding hydrogens is 268 g/mol. The van der Waals surface area contributed by atoms with Gasteiger partial charge < -0.3 is 4.74 Å². The smallest absolute Gasteiger partial charge is 0.108 e. The Kier molecular flexibility index (Phi) is 6.69. The molecule has 0 saturated carbocycles. The summed E-state index contributed by atoms with van der Waals surface area (Å²) in [6.07, 6.45) is 2.11. The minimum Gasteiger partial charge on any atom is -0.364 e. The third-order valence-electron chi connectivity index (χ3n) is 3.15. The van der Waals surface area contributed by atoms with Gasteiger partial charge in [-0.15, -0.1) is 5.73 Å². The molecule has 0 spiro atoms. The van der Waals surface area contributed by atoms with Crippen molar-refractivity contribution in [1.82, 2.24) is 0 Å². The lowest BCUT2D eigenvalue weighted by Crippen LogP contribution is -2.12. The molecule has 0 unspecified atom stereocenters. The molecule has 1 heteroatoms. The molecule has 118 valence electrons. The third kappa shape index (κ3) is 7.32. The monoisotopic (exact) mass is 296 g/mol. The van der Waals surface area contributed by atoms with E-state index >= 15 is 0 Å². The highest BCUT2D eigenvalue weighted by Gasteiger charge is 2.15. The number of hydrogen-bond donors (Lipinski definition) is 0. The highest BCUT2D eigenvalue weighted by atomic mass is 16.5. The first kappa shape index (κ1) is 18.3. The molecule has 0 atom stereocenters. The van der Waals surface area contributed by atoms with Crippen molar-refractivity contribution in [1.29, 1.82) is 0 Å². The van der Waals surface area contributed by atoms with Gasteiger partial charge in [-0.3, -0.25) is 0 Å². The van der Waals surface area contributed by atoms with Crippen LogP contribution in [0.4, 0.5) is 0 Å². The summed E-state index contributed by atoms with van der Waals surface area (Å²) < 4.78 is 5.57. The zero-order chi connectivity index (χ0) is 16.6. The van der Waals surface area contributed by atoms with Crippen molar-refractivity contribution in [3.8, 4) is 11.8 Å². The summed E-state index contributed by atoms with van der Waals surface area (Å²) in [5.41, 5.74) is 5.72. The van der Waals surface area contributed by atoms with Crippen LogP contribution >= 0.6 is 0 Å². The molecule has 1 aromatic rings. The van der Waals surface area contributed by atoms with Gasteiger partial charge in [-0.05, 0) is 44.9 Å². The van der Waals surface area contributed by atoms with E-state index in [-0.39, 0.29) is 10.8 Å². The Balaban J connectivity index is 2.59. The fraction of sp³-hybridized carbons (Fsp3) is 0.476. The van der Waals surface area contributed by atoms with Crippen molar-refractivity contribution >= 4 is 0 Å². The lowest BCUT2D eigenvalue weighted by molar-refractivity contribution is 0.192. The molecular formula is C21H28O. The summed E-state index contributed by atoms with van der Waals surface area (Å²) >= 11 is 0. The first-order valence-electron chi connectivity index (χ1n) is 7.77. The van der Waals surface area contributed by atoms with E-state index in [1.807, 2.05) is 13.0 Å². The van der Waals surface area contributed by atoms with Gasteiger partial charge in [-0.25, -0.2) is 0 Å². The summed E-state index contributed by atoms with van der Waals surface area (Å²) in [7, 11) is 0. The molecule has 22 heavy (non-hydrogen) atoms. The van der Waals surface area contributed by atoms with E-state index in [2.05, 4.69) is 82.5 Å². The number of benzene rings is 1. The van der Waals surface area contributed by atoms with Gasteiger partial charge in [-0.1, -0.05) is 56.0 Å². The van der Waals surface area contributed by atoms with Crippen molar-refractivity contribution in [3.63, 3.8) is 0 Å². The fourth-order valence-electron chi connectivity index (χ4n) is 1.85. The SMILES string of the molecule is CC(=C=CC(C)(C)c1ccccc1)COCC#CC(C)(C)C. The average molecular weight is 296 g/mol. The average Bonchev–Trinajstić information content (AvgIpc) is 2.45. The Morgan fingerprint density at radius 3 is 2.32 bits per heavy atom. The zero-order valence-corrected chi connectivity index (χ0v) is 14.8. The van der Waals surface area contributed by atoms with Crippen LogP contribution in [0.15, 0.2) is 47.7 Å². The molecule has 0 heterocycles. The maximum absolute atomic E-state index is 5.57. The second-order valence-electron chi connectivity index (χ2n) is 7.20. The minimum absolute atomic E-state index is 0.0332. The predicted octanol–water partition coefficient (Wildman–Crippen LogP) is 5.13. The molecule has 0 aliphatic heterocycles. The molecule has 0 N–H and O–H groups in total. The summed E-state index contributed by atoms with van der Waals surface area (Å²) in [5, 5.41) is 0. The largest absolute Gasteiger partial charge is 0.364 e. The van der Waals surface area contributed by atoms with Crippen molar-refractivity contribution in [3.05, 3.63) is 53.3 Å². The molecule has 0 aromatic heterocycles. The van der Waals surface area contributed by atoms with E-state index in [1.54, 1.807) is 0 Å². The second-order valence-corrected chi connectivity index (χ2v) is 7.20. The van der Waals surface area contributed by atoms with Crippen LogP contribution in [0.25, 0.3) is 0 Å². The van der Waals surface area contributed by atoms with E-state index in [1.165, 1.54) is 5.56 Å². The van der Waals surface area contributed by atoms with Gasteiger partial charge in [0.2, 0.25) is 0 Å². The Hall–Kier alpha value is -1.74. The Morgan fingerprint density at radius 1 is 1.09 bits per heavy atom. The summed E-state index contributed by atoms with van der Waals surface area (Å²) in [5.74, 6) is 6.22. The quantitative estimate of drug-likeness (QED) is 0.416. The van der Waals surface area contributed by atoms with Gasteiger partial charge in [0.25, 0.3) is 0 Å². The molecule has 0 amide bonds. The minimum atomic E-state index is -0.0332. The molecule has 0 saturated heterocycles. The molecule has 1 rings (SSSR count). The van der Waals surface area contributed by atoms with Gasteiger partial charge in [0.05, 0.1) is 6.61 Å². The molecule has 1 nitrogen and oxygen atoms in total. The van der Waals surface area contributed by atoms with Crippen molar-refractivity contribution in [2.75, 3.05) is 13.2 Å². The Labute approximate surface area is 136 Å². The topological polar surface area (TPSA) is 9.23 Å². The first-order valence-corrected chi connectivity index (χ1v) is 7.77. The van der Waals surface area contributed by atoms with Crippen molar-refractivity contribution in [2.24, 2.45) is 5.41 Å². The first-order chi connectivity index (χ1) is 10.2. The van der Waals surface area contributed by atoms with E-state index in [0.717, 1.165) is 5.57 Å². The standard InChI is InChI=1S/C21H28O/c1-18(17-22-16-10-14-20(2,3)4)13-15-21(5,6)19-11-8-7-9-12-19/h7-9,11-12,15H,16-17H2,1-6H3. The maximum Gasteiger partial charge on any atom is 0.108 e. The fourth-order valence-corrected chi connectivity index (χ4v) is 1.85. The highest BCUT2D eigenvalue weighted by Crippen LogP contribution is 2.23.